The van der Waals surface area contributed by atoms with Crippen LogP contribution < -0.4 is 0 Å². The van der Waals surface area contributed by atoms with E-state index in [0.29, 0.717) is 41.6 Å². The minimum Gasteiger partial charge on any atom is -0.360 e. The highest BCUT2D eigenvalue weighted by Crippen LogP contribution is 2.29. The smallest absolute Gasteiger partial charge is 0.276 e. The van der Waals surface area contributed by atoms with Crippen LogP contribution in [-0.4, -0.2) is 72.9 Å². The molecule has 178 valence electrons. The van der Waals surface area contributed by atoms with Crippen LogP contribution in [0.15, 0.2) is 62.7 Å². The second kappa shape index (κ2) is 9.83. The summed E-state index contributed by atoms with van der Waals surface area (Å²) in [4.78, 5) is 17.3. The Kier molecular flexibility index (Phi) is 6.64. The molecular weight excluding hydrogens is 472 g/mol. The summed E-state index contributed by atoms with van der Waals surface area (Å²) < 4.78 is 33.1. The summed E-state index contributed by atoms with van der Waals surface area (Å²) in [6, 6.07) is 13.5. The summed E-state index contributed by atoms with van der Waals surface area (Å²) in [7, 11) is -3.60. The van der Waals surface area contributed by atoms with Crippen molar-refractivity contribution < 1.29 is 17.7 Å². The number of thiophene rings is 1. The molecule has 34 heavy (non-hydrogen) atoms. The van der Waals surface area contributed by atoms with E-state index in [-0.39, 0.29) is 18.1 Å². The number of sulfonamides is 1. The largest absolute Gasteiger partial charge is 0.360 e. The van der Waals surface area contributed by atoms with E-state index in [2.05, 4.69) is 34.3 Å². The number of amides is 1. The number of carbonyl (C=O) groups excluding carboxylic acids is 1. The van der Waals surface area contributed by atoms with Crippen molar-refractivity contribution in [1.29, 1.82) is 0 Å². The van der Waals surface area contributed by atoms with E-state index in [4.69, 9.17) is 4.52 Å². The third-order valence-corrected chi connectivity index (χ3v) is 9.44. The minimum atomic E-state index is -3.60. The van der Waals surface area contributed by atoms with Gasteiger partial charge in [-0.1, -0.05) is 53.7 Å². The van der Waals surface area contributed by atoms with Gasteiger partial charge in [-0.2, -0.15) is 4.31 Å². The molecule has 5 rings (SSSR count). The summed E-state index contributed by atoms with van der Waals surface area (Å²) in [6.45, 7) is 3.96. The van der Waals surface area contributed by atoms with Crippen molar-refractivity contribution in [3.05, 3.63) is 76.5 Å². The van der Waals surface area contributed by atoms with Crippen LogP contribution in [0.4, 0.5) is 0 Å². The molecule has 0 saturated carbocycles. The lowest BCUT2D eigenvalue weighted by Gasteiger charge is -2.34. The van der Waals surface area contributed by atoms with Crippen LogP contribution in [0.5, 0.6) is 0 Å². The van der Waals surface area contributed by atoms with Crippen LogP contribution >= 0.6 is 11.3 Å². The number of fused-ring (bicyclic) bond motifs is 1. The topological polar surface area (TPSA) is 87.0 Å². The molecule has 0 unspecified atom stereocenters. The van der Waals surface area contributed by atoms with E-state index in [1.807, 2.05) is 18.2 Å². The van der Waals surface area contributed by atoms with Gasteiger partial charge in [0.05, 0.1) is 0 Å². The van der Waals surface area contributed by atoms with Crippen molar-refractivity contribution in [2.24, 2.45) is 0 Å². The maximum Gasteiger partial charge on any atom is 0.276 e. The molecule has 0 spiro atoms. The molecule has 1 amide bonds. The highest BCUT2D eigenvalue weighted by molar-refractivity contribution is 7.91. The molecule has 1 fully saturated rings. The number of rotatable bonds is 6. The predicted molar refractivity (Wildman–Crippen MR) is 130 cm³/mol. The average Bonchev–Trinajstić information content (AvgIpc) is 3.55. The van der Waals surface area contributed by atoms with Crippen molar-refractivity contribution in [3.8, 4) is 0 Å². The summed E-state index contributed by atoms with van der Waals surface area (Å²) in [5, 5.41) is 5.79. The van der Waals surface area contributed by atoms with Gasteiger partial charge in [-0.3, -0.25) is 9.69 Å². The number of nitrogens with zero attached hydrogens (tertiary/aromatic N) is 4. The second-order valence-corrected chi connectivity index (χ2v) is 11.5. The summed E-state index contributed by atoms with van der Waals surface area (Å²) in [6.07, 6.45) is 4.65. The first-order valence-corrected chi connectivity index (χ1v) is 13.6. The number of carbonyl (C=O) groups is 1. The third-order valence-electron chi connectivity index (χ3n) is 6.22. The number of piperazine rings is 1. The molecule has 1 aromatic carbocycles. The highest BCUT2D eigenvalue weighted by atomic mass is 32.2. The third kappa shape index (κ3) is 4.72. The molecule has 0 atom stereocenters. The lowest BCUT2D eigenvalue weighted by Crippen LogP contribution is -2.49. The summed E-state index contributed by atoms with van der Waals surface area (Å²) in [5.74, 6) is 0.408. The van der Waals surface area contributed by atoms with Gasteiger partial charge in [0.1, 0.15) is 9.97 Å². The Labute approximate surface area is 203 Å². The Morgan fingerprint density at radius 2 is 1.85 bits per heavy atom. The van der Waals surface area contributed by atoms with Crippen LogP contribution in [0.1, 0.15) is 27.4 Å². The fourth-order valence-corrected chi connectivity index (χ4v) is 6.83. The molecule has 2 aromatic heterocycles. The molecule has 4 heterocycles. The molecule has 0 bridgehead atoms. The molecular formula is C24H26N4O4S2. The Bertz CT molecular complexity index is 1260. The standard InChI is InChI=1S/C24H26N4O4S2/c29-24(27-15-13-26(14-16-27)11-4-8-19-6-2-1-3-7-19)23-20-18-28(12-10-21(20)32-25-23)34(30,31)22-9-5-17-33-22/h1-9,17H,10-16,18H2. The summed E-state index contributed by atoms with van der Waals surface area (Å²) >= 11 is 1.19. The van der Waals surface area contributed by atoms with Crippen LogP contribution in [0.3, 0.4) is 0 Å². The van der Waals surface area contributed by atoms with Crippen molar-refractivity contribution in [3.63, 3.8) is 0 Å². The van der Waals surface area contributed by atoms with Gasteiger partial charge >= 0.3 is 0 Å². The van der Waals surface area contributed by atoms with Crippen molar-refractivity contribution >= 4 is 33.3 Å². The van der Waals surface area contributed by atoms with Crippen LogP contribution in [0.2, 0.25) is 0 Å². The molecule has 0 aliphatic carbocycles. The van der Waals surface area contributed by atoms with Gasteiger partial charge in [0, 0.05) is 57.8 Å². The molecule has 2 aliphatic heterocycles. The average molecular weight is 499 g/mol. The van der Waals surface area contributed by atoms with Crippen molar-refractivity contribution in [2.45, 2.75) is 17.2 Å². The molecule has 0 radical (unpaired) electrons. The first-order valence-electron chi connectivity index (χ1n) is 11.3. The number of benzene rings is 1. The van der Waals surface area contributed by atoms with E-state index >= 15 is 0 Å². The minimum absolute atomic E-state index is 0.102. The zero-order valence-electron chi connectivity index (χ0n) is 18.7. The van der Waals surface area contributed by atoms with Crippen LogP contribution in [-0.2, 0) is 23.0 Å². The lowest BCUT2D eigenvalue weighted by atomic mass is 10.1. The zero-order valence-corrected chi connectivity index (χ0v) is 20.3. The Morgan fingerprint density at radius 1 is 1.06 bits per heavy atom. The van der Waals surface area contributed by atoms with Gasteiger partial charge in [-0.15, -0.1) is 11.3 Å². The zero-order chi connectivity index (χ0) is 23.5. The Balaban J connectivity index is 1.21. The maximum atomic E-state index is 13.2. The van der Waals surface area contributed by atoms with Crippen molar-refractivity contribution in [2.75, 3.05) is 39.3 Å². The fourth-order valence-electron chi connectivity index (χ4n) is 4.28. The lowest BCUT2D eigenvalue weighted by molar-refractivity contribution is 0.0638. The highest BCUT2D eigenvalue weighted by Gasteiger charge is 2.35. The molecule has 2 aliphatic rings. The Hall–Kier alpha value is -2.79. The SMILES string of the molecule is O=C(c1noc2c1CN(S(=O)(=O)c1cccs1)CC2)N1CCN(CC=Cc2ccccc2)CC1. The molecule has 10 heteroatoms. The maximum absolute atomic E-state index is 13.2. The van der Waals surface area contributed by atoms with Crippen LogP contribution in [0, 0.1) is 0 Å². The first-order chi connectivity index (χ1) is 16.5. The molecule has 3 aromatic rings. The number of aromatic nitrogens is 1. The van der Waals surface area contributed by atoms with E-state index < -0.39 is 10.0 Å². The van der Waals surface area contributed by atoms with Gasteiger partial charge in [0.2, 0.25) is 0 Å². The van der Waals surface area contributed by atoms with E-state index in [1.54, 1.807) is 22.4 Å². The molecule has 0 N–H and O–H groups in total. The van der Waals surface area contributed by atoms with E-state index in [1.165, 1.54) is 21.2 Å². The van der Waals surface area contributed by atoms with Gasteiger partial charge in [0.15, 0.2) is 5.69 Å². The predicted octanol–water partition coefficient (Wildman–Crippen LogP) is 2.95. The first kappa shape index (κ1) is 23.0. The second-order valence-electron chi connectivity index (χ2n) is 8.36. The van der Waals surface area contributed by atoms with Gasteiger partial charge in [0.25, 0.3) is 15.9 Å². The number of hydrogen-bond donors (Lipinski definition) is 0. The monoisotopic (exact) mass is 498 g/mol. The fraction of sp³-hybridized carbons (Fsp3) is 0.333. The van der Waals surface area contributed by atoms with E-state index in [9.17, 15) is 13.2 Å². The van der Waals surface area contributed by atoms with Crippen molar-refractivity contribution in [1.82, 2.24) is 19.3 Å². The Morgan fingerprint density at radius 3 is 2.59 bits per heavy atom. The normalized spacial score (nSPS) is 17.8. The quantitative estimate of drug-likeness (QED) is 0.519. The number of hydrogen-bond acceptors (Lipinski definition) is 7. The molecule has 8 nitrogen and oxygen atoms in total. The van der Waals surface area contributed by atoms with E-state index in [0.717, 1.165) is 19.6 Å². The summed E-state index contributed by atoms with van der Waals surface area (Å²) in [5.41, 5.74) is 1.99. The van der Waals surface area contributed by atoms with Gasteiger partial charge in [-0.25, -0.2) is 8.42 Å². The van der Waals surface area contributed by atoms with Crippen LogP contribution in [0.25, 0.3) is 6.08 Å². The molecule has 1 saturated heterocycles. The van der Waals surface area contributed by atoms with Gasteiger partial charge < -0.3 is 9.42 Å². The van der Waals surface area contributed by atoms with Gasteiger partial charge in [-0.05, 0) is 17.0 Å².